The molecule has 1 rings (SSSR count). The molecule has 0 spiro atoms. The summed E-state index contributed by atoms with van der Waals surface area (Å²) in [5.41, 5.74) is 0.634. The summed E-state index contributed by atoms with van der Waals surface area (Å²) >= 11 is 0. The molecule has 0 radical (unpaired) electrons. The normalized spacial score (nSPS) is 12.8. The van der Waals surface area contributed by atoms with E-state index in [0.29, 0.717) is 47.7 Å². The first-order valence-electron chi connectivity index (χ1n) is 7.79. The van der Waals surface area contributed by atoms with Crippen LogP contribution in [0, 0.1) is 34.5 Å². The highest BCUT2D eigenvalue weighted by atomic mass is 16.5. The van der Waals surface area contributed by atoms with Crippen LogP contribution < -0.4 is 9.47 Å². The van der Waals surface area contributed by atoms with E-state index in [1.54, 1.807) is 12.1 Å². The number of nitrogens with zero attached hydrogens (tertiary/aromatic N) is 2. The summed E-state index contributed by atoms with van der Waals surface area (Å²) in [6, 6.07) is 7.28. The lowest BCUT2D eigenvalue weighted by Gasteiger charge is -2.17. The third kappa shape index (κ3) is 4.97. The summed E-state index contributed by atoms with van der Waals surface area (Å²) in [5.74, 6) is 1.92. The van der Waals surface area contributed by atoms with Gasteiger partial charge in [0.05, 0.1) is 24.3 Å². The van der Waals surface area contributed by atoms with Crippen molar-refractivity contribution in [3.05, 3.63) is 23.3 Å². The molecule has 0 aliphatic heterocycles. The van der Waals surface area contributed by atoms with Crippen LogP contribution in [0.25, 0.3) is 0 Å². The fraction of sp³-hybridized carbons (Fsp3) is 0.556. The fourth-order valence-electron chi connectivity index (χ4n) is 1.67. The molecule has 22 heavy (non-hydrogen) atoms. The molecule has 118 valence electrons. The molecule has 0 bridgehead atoms. The van der Waals surface area contributed by atoms with Crippen molar-refractivity contribution in [3.63, 3.8) is 0 Å². The van der Waals surface area contributed by atoms with Crippen molar-refractivity contribution in [2.75, 3.05) is 13.2 Å². The zero-order valence-electron chi connectivity index (χ0n) is 13.8. The van der Waals surface area contributed by atoms with Crippen LogP contribution in [-0.4, -0.2) is 13.2 Å². The molecule has 1 aromatic rings. The Bertz CT molecular complexity index is 519. The van der Waals surface area contributed by atoms with E-state index in [2.05, 4.69) is 27.7 Å². The van der Waals surface area contributed by atoms with E-state index in [0.717, 1.165) is 12.8 Å². The lowest BCUT2D eigenvalue weighted by atomic mass is 10.1. The molecule has 0 fully saturated rings. The van der Waals surface area contributed by atoms with Crippen molar-refractivity contribution in [1.82, 2.24) is 0 Å². The van der Waals surface area contributed by atoms with Crippen LogP contribution in [0.2, 0.25) is 0 Å². The Morgan fingerprint density at radius 2 is 1.23 bits per heavy atom. The van der Waals surface area contributed by atoms with Crippen LogP contribution in [0.15, 0.2) is 12.1 Å². The number of nitriles is 2. The van der Waals surface area contributed by atoms with Gasteiger partial charge in [-0.1, -0.05) is 40.5 Å². The van der Waals surface area contributed by atoms with E-state index in [-0.39, 0.29) is 0 Å². The summed E-state index contributed by atoms with van der Waals surface area (Å²) in [5, 5.41) is 18.3. The standard InChI is InChI=1S/C18H24N2O2/c1-5-13(3)11-21-17-7-15(9-19)16(10-20)8-18(17)22-12-14(4)6-2/h7-8,13-14H,5-6,11-12H2,1-4H3/t13-,14-/m1/s1. The first kappa shape index (κ1) is 17.9. The van der Waals surface area contributed by atoms with Crippen molar-refractivity contribution < 1.29 is 9.47 Å². The molecule has 0 aliphatic carbocycles. The van der Waals surface area contributed by atoms with Gasteiger partial charge in [0.2, 0.25) is 0 Å². The minimum absolute atomic E-state index is 0.317. The van der Waals surface area contributed by atoms with E-state index in [1.807, 2.05) is 12.1 Å². The van der Waals surface area contributed by atoms with Gasteiger partial charge in [-0.3, -0.25) is 0 Å². The second-order valence-corrected chi connectivity index (χ2v) is 5.72. The van der Waals surface area contributed by atoms with Gasteiger partial charge in [0.15, 0.2) is 11.5 Å². The van der Waals surface area contributed by atoms with Gasteiger partial charge in [0, 0.05) is 12.1 Å². The van der Waals surface area contributed by atoms with Gasteiger partial charge in [0.25, 0.3) is 0 Å². The first-order valence-corrected chi connectivity index (χ1v) is 7.79. The number of ether oxygens (including phenoxy) is 2. The van der Waals surface area contributed by atoms with Crippen LogP contribution in [0.1, 0.15) is 51.7 Å². The highest BCUT2D eigenvalue weighted by Gasteiger charge is 2.14. The number of hydrogen-bond acceptors (Lipinski definition) is 4. The Labute approximate surface area is 133 Å². The lowest BCUT2D eigenvalue weighted by Crippen LogP contribution is -2.11. The van der Waals surface area contributed by atoms with Gasteiger partial charge in [-0.2, -0.15) is 10.5 Å². The number of rotatable bonds is 8. The molecule has 2 atom stereocenters. The topological polar surface area (TPSA) is 66.0 Å². The monoisotopic (exact) mass is 300 g/mol. The molecule has 0 amide bonds. The third-order valence-electron chi connectivity index (χ3n) is 3.77. The minimum Gasteiger partial charge on any atom is -0.489 e. The largest absolute Gasteiger partial charge is 0.489 e. The van der Waals surface area contributed by atoms with Gasteiger partial charge in [-0.15, -0.1) is 0 Å². The second kappa shape index (κ2) is 8.95. The Morgan fingerprint density at radius 3 is 1.50 bits per heavy atom. The van der Waals surface area contributed by atoms with Crippen LogP contribution in [-0.2, 0) is 0 Å². The Kier molecular flexibility index (Phi) is 7.26. The predicted molar refractivity (Wildman–Crippen MR) is 85.8 cm³/mol. The molecule has 0 aliphatic rings. The zero-order chi connectivity index (χ0) is 16.5. The van der Waals surface area contributed by atoms with Crippen molar-refractivity contribution in [1.29, 1.82) is 10.5 Å². The van der Waals surface area contributed by atoms with Crippen LogP contribution >= 0.6 is 0 Å². The molecule has 0 N–H and O–H groups in total. The van der Waals surface area contributed by atoms with Crippen LogP contribution in [0.3, 0.4) is 0 Å². The van der Waals surface area contributed by atoms with Crippen LogP contribution in [0.5, 0.6) is 11.5 Å². The average molecular weight is 300 g/mol. The zero-order valence-corrected chi connectivity index (χ0v) is 13.8. The third-order valence-corrected chi connectivity index (χ3v) is 3.77. The average Bonchev–Trinajstić information content (AvgIpc) is 2.56. The van der Waals surface area contributed by atoms with E-state index in [9.17, 15) is 0 Å². The molecular formula is C18H24N2O2. The number of hydrogen-bond donors (Lipinski definition) is 0. The quantitative estimate of drug-likeness (QED) is 0.718. The fourth-order valence-corrected chi connectivity index (χ4v) is 1.67. The summed E-state index contributed by atoms with van der Waals surface area (Å²) in [7, 11) is 0. The van der Waals surface area contributed by atoms with Gasteiger partial charge < -0.3 is 9.47 Å². The van der Waals surface area contributed by atoms with Crippen LogP contribution in [0.4, 0.5) is 0 Å². The Morgan fingerprint density at radius 1 is 0.864 bits per heavy atom. The smallest absolute Gasteiger partial charge is 0.162 e. The summed E-state index contributed by atoms with van der Waals surface area (Å²) in [4.78, 5) is 0. The highest BCUT2D eigenvalue weighted by Crippen LogP contribution is 2.31. The maximum Gasteiger partial charge on any atom is 0.162 e. The minimum atomic E-state index is 0.317. The first-order chi connectivity index (χ1) is 10.5. The van der Waals surface area contributed by atoms with Crippen molar-refractivity contribution >= 4 is 0 Å². The van der Waals surface area contributed by atoms with Crippen molar-refractivity contribution in [3.8, 4) is 23.6 Å². The van der Waals surface area contributed by atoms with Gasteiger partial charge in [-0.05, 0) is 11.8 Å². The van der Waals surface area contributed by atoms with E-state index in [1.165, 1.54) is 0 Å². The van der Waals surface area contributed by atoms with E-state index < -0.39 is 0 Å². The molecule has 0 saturated carbocycles. The molecule has 0 saturated heterocycles. The SMILES string of the molecule is CC[C@@H](C)COc1cc(C#N)c(C#N)cc1OC[C@H](C)CC. The van der Waals surface area contributed by atoms with E-state index in [4.69, 9.17) is 20.0 Å². The highest BCUT2D eigenvalue weighted by molar-refractivity contribution is 5.56. The molecule has 4 heteroatoms. The maximum atomic E-state index is 9.15. The number of benzene rings is 1. The predicted octanol–water partition coefficient (Wildman–Crippen LogP) is 4.28. The lowest BCUT2D eigenvalue weighted by molar-refractivity contribution is 0.217. The molecule has 4 nitrogen and oxygen atoms in total. The second-order valence-electron chi connectivity index (χ2n) is 5.72. The maximum absolute atomic E-state index is 9.15. The summed E-state index contributed by atoms with van der Waals surface area (Å²) < 4.78 is 11.6. The summed E-state index contributed by atoms with van der Waals surface area (Å²) in [6.07, 6.45) is 2.04. The van der Waals surface area contributed by atoms with Gasteiger partial charge in [0.1, 0.15) is 12.1 Å². The van der Waals surface area contributed by atoms with Crippen molar-refractivity contribution in [2.24, 2.45) is 11.8 Å². The van der Waals surface area contributed by atoms with Gasteiger partial charge >= 0.3 is 0 Å². The summed E-state index contributed by atoms with van der Waals surface area (Å²) in [6.45, 7) is 9.55. The Balaban J connectivity index is 3.03. The van der Waals surface area contributed by atoms with Gasteiger partial charge in [-0.25, -0.2) is 0 Å². The van der Waals surface area contributed by atoms with Crippen molar-refractivity contribution in [2.45, 2.75) is 40.5 Å². The molecule has 0 heterocycles. The molecule has 1 aromatic carbocycles. The molecular weight excluding hydrogens is 276 g/mol. The Hall–Kier alpha value is -2.20. The van der Waals surface area contributed by atoms with E-state index >= 15 is 0 Å². The molecule has 0 aromatic heterocycles. The molecule has 0 unspecified atom stereocenters.